The van der Waals surface area contributed by atoms with Gasteiger partial charge in [0, 0.05) is 30.3 Å². The first-order valence-corrected chi connectivity index (χ1v) is 10.5. The van der Waals surface area contributed by atoms with Gasteiger partial charge in [-0.3, -0.25) is 9.59 Å². The summed E-state index contributed by atoms with van der Waals surface area (Å²) < 4.78 is 1.55. The second kappa shape index (κ2) is 6.63. The molecule has 6 rings (SSSR count). The number of para-hydroxylation sites is 1. The van der Waals surface area contributed by atoms with Crippen LogP contribution < -0.4 is 10.6 Å². The van der Waals surface area contributed by atoms with Crippen molar-refractivity contribution < 1.29 is 9.59 Å². The van der Waals surface area contributed by atoms with E-state index in [0.29, 0.717) is 30.1 Å². The fourth-order valence-corrected chi connectivity index (χ4v) is 5.35. The Balaban J connectivity index is 1.22. The molecule has 3 atom stereocenters. The maximum atomic E-state index is 13.2. The molecule has 9 nitrogen and oxygen atoms in total. The number of likely N-dealkylation sites (tertiary alicyclic amines) is 1. The average Bonchev–Trinajstić information content (AvgIpc) is 3.53. The molecule has 2 aliphatic heterocycles. The van der Waals surface area contributed by atoms with Crippen molar-refractivity contribution in [1.82, 2.24) is 30.4 Å². The first kappa shape index (κ1) is 18.1. The Morgan fingerprint density at radius 1 is 1.06 bits per heavy atom. The predicted octanol–water partition coefficient (Wildman–Crippen LogP) is 1.70. The summed E-state index contributed by atoms with van der Waals surface area (Å²) in [6.07, 6.45) is 3.36. The highest BCUT2D eigenvalue weighted by atomic mass is 16.2. The summed E-state index contributed by atoms with van der Waals surface area (Å²) in [7, 11) is 0. The van der Waals surface area contributed by atoms with Crippen LogP contribution in [0.1, 0.15) is 33.6 Å². The lowest BCUT2D eigenvalue weighted by Crippen LogP contribution is -2.61. The fraction of sp³-hybridized carbons (Fsp3) is 0.318. The Hall–Kier alpha value is -3.75. The summed E-state index contributed by atoms with van der Waals surface area (Å²) in [6.45, 7) is 1.33. The Bertz CT molecular complexity index is 1160. The van der Waals surface area contributed by atoms with Gasteiger partial charge in [-0.2, -0.15) is 0 Å². The van der Waals surface area contributed by atoms with Crippen molar-refractivity contribution in [3.8, 4) is 5.69 Å². The molecule has 2 fully saturated rings. The minimum absolute atomic E-state index is 0.00958. The zero-order valence-electron chi connectivity index (χ0n) is 16.7. The number of hydrogen-bond acceptors (Lipinski definition) is 6. The topological polar surface area (TPSA) is 105 Å². The van der Waals surface area contributed by atoms with Crippen LogP contribution >= 0.6 is 0 Å². The van der Waals surface area contributed by atoms with Gasteiger partial charge in [0.2, 0.25) is 0 Å². The molecular weight excluding hydrogens is 394 g/mol. The smallest absolute Gasteiger partial charge is 0.255 e. The molecule has 2 amide bonds. The molecule has 3 aromatic rings. The van der Waals surface area contributed by atoms with Crippen LogP contribution in [0.15, 0.2) is 54.9 Å². The van der Waals surface area contributed by atoms with Gasteiger partial charge in [0.25, 0.3) is 11.8 Å². The third-order valence-corrected chi connectivity index (χ3v) is 6.86. The Morgan fingerprint density at radius 3 is 2.71 bits per heavy atom. The molecule has 2 aromatic carbocycles. The number of anilines is 1. The van der Waals surface area contributed by atoms with Crippen molar-refractivity contribution in [2.45, 2.75) is 18.5 Å². The van der Waals surface area contributed by atoms with E-state index in [4.69, 9.17) is 0 Å². The molecular formula is C22H21N7O2. The summed E-state index contributed by atoms with van der Waals surface area (Å²) in [4.78, 5) is 27.8. The highest BCUT2D eigenvalue weighted by molar-refractivity contribution is 6.02. The van der Waals surface area contributed by atoms with Crippen molar-refractivity contribution in [1.29, 1.82) is 0 Å². The van der Waals surface area contributed by atoms with E-state index in [2.05, 4.69) is 26.2 Å². The SMILES string of the molecule is O=C1N[C@]2(CC[C@@H]3CN(C(=O)c4ccc(-n5cnnn5)cc4)C[C@@H]32)Nc2ccccc21. The van der Waals surface area contributed by atoms with Gasteiger partial charge < -0.3 is 15.5 Å². The van der Waals surface area contributed by atoms with Crippen LogP contribution in [-0.4, -0.2) is 55.7 Å². The maximum absolute atomic E-state index is 13.2. The van der Waals surface area contributed by atoms with E-state index in [9.17, 15) is 9.59 Å². The van der Waals surface area contributed by atoms with Crippen LogP contribution in [0.3, 0.4) is 0 Å². The molecule has 31 heavy (non-hydrogen) atoms. The number of benzene rings is 2. The number of amides is 2. The van der Waals surface area contributed by atoms with Gasteiger partial charge >= 0.3 is 0 Å². The number of rotatable bonds is 2. The lowest BCUT2D eigenvalue weighted by atomic mass is 9.89. The van der Waals surface area contributed by atoms with E-state index in [0.717, 1.165) is 24.2 Å². The van der Waals surface area contributed by atoms with E-state index in [1.165, 1.54) is 6.33 Å². The Kier molecular flexibility index (Phi) is 3.86. The molecule has 1 aliphatic carbocycles. The van der Waals surface area contributed by atoms with Crippen molar-refractivity contribution in [2.75, 3.05) is 18.4 Å². The second-order valence-electron chi connectivity index (χ2n) is 8.51. The number of aromatic nitrogens is 4. The summed E-state index contributed by atoms with van der Waals surface area (Å²) in [5, 5.41) is 18.0. The van der Waals surface area contributed by atoms with Crippen molar-refractivity contribution in [3.63, 3.8) is 0 Å². The minimum Gasteiger partial charge on any atom is -0.362 e. The van der Waals surface area contributed by atoms with Crippen LogP contribution in [-0.2, 0) is 0 Å². The summed E-state index contributed by atoms with van der Waals surface area (Å²) in [5.74, 6) is 0.505. The van der Waals surface area contributed by atoms with Crippen LogP contribution in [0.5, 0.6) is 0 Å². The summed E-state index contributed by atoms with van der Waals surface area (Å²) in [5.41, 5.74) is 2.48. The van der Waals surface area contributed by atoms with Crippen LogP contribution in [0.2, 0.25) is 0 Å². The highest BCUT2D eigenvalue weighted by Crippen LogP contribution is 2.47. The van der Waals surface area contributed by atoms with Crippen molar-refractivity contribution in [2.24, 2.45) is 11.8 Å². The summed E-state index contributed by atoms with van der Waals surface area (Å²) in [6, 6.07) is 14.9. The first-order chi connectivity index (χ1) is 15.1. The molecule has 9 heteroatoms. The predicted molar refractivity (Wildman–Crippen MR) is 112 cm³/mol. The molecule has 1 spiro atoms. The number of fused-ring (bicyclic) bond motifs is 3. The molecule has 2 N–H and O–H groups in total. The number of carbonyl (C=O) groups excluding carboxylic acids is 2. The maximum Gasteiger partial charge on any atom is 0.255 e. The monoisotopic (exact) mass is 415 g/mol. The molecule has 156 valence electrons. The first-order valence-electron chi connectivity index (χ1n) is 10.5. The number of tetrazole rings is 1. The molecule has 1 saturated carbocycles. The number of nitrogens with one attached hydrogen (secondary N) is 2. The van der Waals surface area contributed by atoms with Gasteiger partial charge in [0.15, 0.2) is 0 Å². The molecule has 3 aliphatic rings. The normalized spacial score (nSPS) is 26.3. The van der Waals surface area contributed by atoms with Gasteiger partial charge in [0.1, 0.15) is 12.0 Å². The average molecular weight is 415 g/mol. The van der Waals surface area contributed by atoms with Crippen LogP contribution in [0, 0.1) is 11.8 Å². The van der Waals surface area contributed by atoms with Crippen LogP contribution in [0.25, 0.3) is 5.69 Å². The Morgan fingerprint density at radius 2 is 1.90 bits per heavy atom. The van der Waals surface area contributed by atoms with Gasteiger partial charge in [-0.15, -0.1) is 5.10 Å². The molecule has 1 saturated heterocycles. The van der Waals surface area contributed by atoms with Crippen LogP contribution in [0.4, 0.5) is 5.69 Å². The fourth-order valence-electron chi connectivity index (χ4n) is 5.35. The highest BCUT2D eigenvalue weighted by Gasteiger charge is 2.55. The lowest BCUT2D eigenvalue weighted by Gasteiger charge is -2.42. The molecule has 1 aromatic heterocycles. The molecule has 0 bridgehead atoms. The lowest BCUT2D eigenvalue weighted by molar-refractivity contribution is 0.0767. The zero-order chi connectivity index (χ0) is 21.0. The van der Waals surface area contributed by atoms with Gasteiger partial charge in [-0.1, -0.05) is 12.1 Å². The largest absolute Gasteiger partial charge is 0.362 e. The molecule has 0 radical (unpaired) electrons. The van der Waals surface area contributed by atoms with E-state index in [1.54, 1.807) is 16.8 Å². The number of carbonyl (C=O) groups is 2. The number of nitrogens with zero attached hydrogens (tertiary/aromatic N) is 5. The van der Waals surface area contributed by atoms with Crippen molar-refractivity contribution >= 4 is 17.5 Å². The quantitative estimate of drug-likeness (QED) is 0.660. The standard InChI is InChI=1S/C22H21N7O2/c30-20-17-3-1-2-4-19(17)24-22(25-20)10-9-15-11-28(12-18(15)22)21(31)14-5-7-16(8-6-14)29-13-23-26-27-29/h1-8,13,15,18,24H,9-12H2,(H,25,30)/t15-,18+,22+/m1/s1. The molecule has 3 heterocycles. The minimum atomic E-state index is -0.491. The summed E-state index contributed by atoms with van der Waals surface area (Å²) >= 11 is 0. The Labute approximate surface area is 178 Å². The van der Waals surface area contributed by atoms with E-state index in [-0.39, 0.29) is 17.7 Å². The van der Waals surface area contributed by atoms with Gasteiger partial charge in [0.05, 0.1) is 11.3 Å². The van der Waals surface area contributed by atoms with E-state index in [1.807, 2.05) is 41.3 Å². The van der Waals surface area contributed by atoms with E-state index >= 15 is 0 Å². The van der Waals surface area contributed by atoms with Crippen molar-refractivity contribution in [3.05, 3.63) is 66.0 Å². The number of hydrogen-bond donors (Lipinski definition) is 2. The second-order valence-corrected chi connectivity index (χ2v) is 8.51. The zero-order valence-corrected chi connectivity index (χ0v) is 16.7. The molecule has 0 unspecified atom stereocenters. The van der Waals surface area contributed by atoms with Gasteiger partial charge in [-0.25, -0.2) is 4.68 Å². The van der Waals surface area contributed by atoms with Gasteiger partial charge in [-0.05, 0) is 65.6 Å². The third-order valence-electron chi connectivity index (χ3n) is 6.86. The third kappa shape index (κ3) is 2.80. The van der Waals surface area contributed by atoms with E-state index < -0.39 is 5.66 Å².